The molecule has 0 aliphatic rings. The lowest BCUT2D eigenvalue weighted by molar-refractivity contribution is -0.118. The van der Waals surface area contributed by atoms with E-state index in [1.54, 1.807) is 37.4 Å². The summed E-state index contributed by atoms with van der Waals surface area (Å²) in [4.78, 5) is 35.2. The molecular weight excluding hydrogens is 491 g/mol. The zero-order chi connectivity index (χ0) is 25.7. The number of halogens is 1. The third-order valence-electron chi connectivity index (χ3n) is 5.99. The lowest BCUT2D eigenvalue weighted by Crippen LogP contribution is -2.17. The molecule has 0 fully saturated rings. The Balaban J connectivity index is 1.45. The first-order valence-electron chi connectivity index (χ1n) is 11.6. The number of amides is 1. The van der Waals surface area contributed by atoms with Crippen molar-refractivity contribution in [2.45, 2.75) is 20.8 Å². The van der Waals surface area contributed by atoms with Gasteiger partial charge in [0, 0.05) is 51.0 Å². The number of nitrogens with zero attached hydrogens (tertiary/aromatic N) is 5. The van der Waals surface area contributed by atoms with Crippen LogP contribution in [0, 0.1) is 18.7 Å². The van der Waals surface area contributed by atoms with Gasteiger partial charge in [-0.25, -0.2) is 19.3 Å². The van der Waals surface area contributed by atoms with Gasteiger partial charge in [0.25, 0.3) is 0 Å². The molecule has 184 valence electrons. The van der Waals surface area contributed by atoms with Gasteiger partial charge in [-0.3, -0.25) is 14.9 Å². The summed E-state index contributed by atoms with van der Waals surface area (Å²) < 4.78 is 16.0. The molecule has 0 atom stereocenters. The van der Waals surface area contributed by atoms with Gasteiger partial charge in [-0.1, -0.05) is 13.8 Å². The fraction of sp³-hybridized carbons (Fsp3) is 0.154. The highest BCUT2D eigenvalue weighted by Gasteiger charge is 2.21. The number of carbonyl (C=O) groups excluding carboxylic acids is 1. The number of imidazole rings is 1. The third-order valence-corrected chi connectivity index (χ3v) is 7.03. The van der Waals surface area contributed by atoms with Gasteiger partial charge >= 0.3 is 0 Å². The third kappa shape index (κ3) is 4.02. The summed E-state index contributed by atoms with van der Waals surface area (Å²) >= 11 is 1.68. The Kier molecular flexibility index (Phi) is 5.49. The van der Waals surface area contributed by atoms with Gasteiger partial charge in [0.05, 0.1) is 22.8 Å². The summed E-state index contributed by atoms with van der Waals surface area (Å²) in [7, 11) is 0. The van der Waals surface area contributed by atoms with Gasteiger partial charge in [-0.05, 0) is 31.2 Å². The molecule has 6 rings (SSSR count). The number of anilines is 1. The number of fused-ring (bicyclic) bond motifs is 2. The summed E-state index contributed by atoms with van der Waals surface area (Å²) in [6.45, 7) is 5.64. The first-order chi connectivity index (χ1) is 17.9. The average Bonchev–Trinajstić information content (AvgIpc) is 3.62. The largest absolute Gasteiger partial charge is 0.335 e. The van der Waals surface area contributed by atoms with Gasteiger partial charge in [0.2, 0.25) is 5.91 Å². The molecule has 9 nitrogen and oxygen atoms in total. The molecule has 0 saturated heterocycles. The normalized spacial score (nSPS) is 11.6. The smallest absolute Gasteiger partial charge is 0.226 e. The number of aromatic amines is 2. The molecule has 0 saturated carbocycles. The van der Waals surface area contributed by atoms with Crippen LogP contribution in [-0.2, 0) is 4.79 Å². The number of thiophene rings is 1. The van der Waals surface area contributed by atoms with E-state index in [1.807, 2.05) is 6.07 Å². The summed E-state index contributed by atoms with van der Waals surface area (Å²) in [5.74, 6) is -0.472. The van der Waals surface area contributed by atoms with Crippen molar-refractivity contribution in [3.05, 3.63) is 59.7 Å². The molecule has 37 heavy (non-hydrogen) atoms. The minimum Gasteiger partial charge on any atom is -0.335 e. The number of hydrogen-bond donors (Lipinski definition) is 3. The van der Waals surface area contributed by atoms with E-state index < -0.39 is 5.82 Å². The highest BCUT2D eigenvalue weighted by Crippen LogP contribution is 2.36. The first-order valence-corrected chi connectivity index (χ1v) is 12.4. The van der Waals surface area contributed by atoms with Crippen LogP contribution < -0.4 is 5.32 Å². The number of nitrogens with one attached hydrogen (secondary N) is 3. The minimum absolute atomic E-state index is 0.152. The van der Waals surface area contributed by atoms with E-state index in [4.69, 9.17) is 0 Å². The van der Waals surface area contributed by atoms with Crippen LogP contribution in [0.15, 0.2) is 49.1 Å². The maximum absolute atomic E-state index is 16.0. The van der Waals surface area contributed by atoms with Crippen molar-refractivity contribution in [2.24, 2.45) is 5.92 Å². The van der Waals surface area contributed by atoms with E-state index in [9.17, 15) is 4.79 Å². The van der Waals surface area contributed by atoms with Gasteiger partial charge in [-0.15, -0.1) is 11.3 Å². The fourth-order valence-corrected chi connectivity index (χ4v) is 4.98. The van der Waals surface area contributed by atoms with Crippen LogP contribution in [0.2, 0.25) is 0 Å². The Morgan fingerprint density at radius 1 is 1.08 bits per heavy atom. The van der Waals surface area contributed by atoms with E-state index >= 15 is 4.39 Å². The molecule has 0 aliphatic heterocycles. The SMILES string of the molecule is Cc1ccc(-c2ccnc3nc(-c4[nH]nc5ncc(-c6cncc(NC(=O)C(C)C)c6)c(F)c45)[nH]c23)s1. The van der Waals surface area contributed by atoms with Gasteiger partial charge in [-0.2, -0.15) is 5.10 Å². The number of H-pyrrole nitrogens is 2. The molecule has 11 heteroatoms. The lowest BCUT2D eigenvalue weighted by Gasteiger charge is -2.09. The maximum atomic E-state index is 16.0. The van der Waals surface area contributed by atoms with E-state index in [0.29, 0.717) is 28.4 Å². The predicted octanol–water partition coefficient (Wildman–Crippen LogP) is 5.73. The van der Waals surface area contributed by atoms with E-state index in [2.05, 4.69) is 59.5 Å². The second-order valence-electron chi connectivity index (χ2n) is 8.94. The van der Waals surface area contributed by atoms with Gasteiger partial charge in [0.15, 0.2) is 17.1 Å². The lowest BCUT2D eigenvalue weighted by atomic mass is 10.1. The Bertz CT molecular complexity index is 1800. The number of carbonyl (C=O) groups is 1. The molecule has 0 aromatic carbocycles. The molecule has 6 aromatic rings. The van der Waals surface area contributed by atoms with Crippen LogP contribution in [0.25, 0.3) is 55.3 Å². The number of aryl methyl sites for hydroxylation is 1. The molecule has 6 heterocycles. The van der Waals surface area contributed by atoms with Gasteiger partial charge < -0.3 is 10.3 Å². The van der Waals surface area contributed by atoms with Gasteiger partial charge in [0.1, 0.15) is 11.5 Å². The van der Waals surface area contributed by atoms with Crippen molar-refractivity contribution in [1.29, 1.82) is 0 Å². The molecule has 0 radical (unpaired) electrons. The molecule has 0 unspecified atom stereocenters. The molecule has 0 bridgehead atoms. The summed E-state index contributed by atoms with van der Waals surface area (Å²) in [6.07, 6.45) is 6.16. The molecule has 3 N–H and O–H groups in total. The summed E-state index contributed by atoms with van der Waals surface area (Å²) in [5, 5.41) is 10.1. The zero-order valence-electron chi connectivity index (χ0n) is 20.1. The second kappa shape index (κ2) is 8.86. The van der Waals surface area contributed by atoms with Crippen LogP contribution in [0.1, 0.15) is 18.7 Å². The van der Waals surface area contributed by atoms with E-state index in [0.717, 1.165) is 16.0 Å². The Morgan fingerprint density at radius 2 is 1.95 bits per heavy atom. The van der Waals surface area contributed by atoms with Crippen molar-refractivity contribution >= 4 is 45.1 Å². The first kappa shape index (κ1) is 22.9. The monoisotopic (exact) mass is 512 g/mol. The standard InChI is InChI=1S/C26H21FN8OS/c1-12(2)26(36)31-15-8-14(9-28-10-15)17-11-30-23-19(20(17)27)22(34-35-23)25-32-21-16(6-7-29-24(21)33-25)18-5-4-13(3)37-18/h4-12H,1-3H3,(H,31,36)(H,29,32,33)(H,30,34,35). The quantitative estimate of drug-likeness (QED) is 0.271. The Morgan fingerprint density at radius 3 is 2.73 bits per heavy atom. The highest BCUT2D eigenvalue weighted by molar-refractivity contribution is 7.15. The number of rotatable bonds is 5. The average molecular weight is 513 g/mol. The van der Waals surface area contributed by atoms with Crippen molar-refractivity contribution in [1.82, 2.24) is 35.1 Å². The van der Waals surface area contributed by atoms with Crippen LogP contribution >= 0.6 is 11.3 Å². The van der Waals surface area contributed by atoms with Crippen molar-refractivity contribution in [2.75, 3.05) is 5.32 Å². The van der Waals surface area contributed by atoms with Crippen molar-refractivity contribution < 1.29 is 9.18 Å². The summed E-state index contributed by atoms with van der Waals surface area (Å²) in [5.41, 5.74) is 4.00. The highest BCUT2D eigenvalue weighted by atomic mass is 32.1. The zero-order valence-corrected chi connectivity index (χ0v) is 20.9. The van der Waals surface area contributed by atoms with Crippen molar-refractivity contribution in [3.63, 3.8) is 0 Å². The minimum atomic E-state index is -0.523. The van der Waals surface area contributed by atoms with Crippen LogP contribution in [0.3, 0.4) is 0 Å². The second-order valence-corrected chi connectivity index (χ2v) is 10.2. The number of aromatic nitrogens is 7. The predicted molar refractivity (Wildman–Crippen MR) is 141 cm³/mol. The molecule has 6 aromatic heterocycles. The summed E-state index contributed by atoms with van der Waals surface area (Å²) in [6, 6.07) is 7.72. The van der Waals surface area contributed by atoms with Crippen LogP contribution in [0.5, 0.6) is 0 Å². The molecule has 1 amide bonds. The van der Waals surface area contributed by atoms with Crippen LogP contribution in [-0.4, -0.2) is 41.0 Å². The topological polar surface area (TPSA) is 125 Å². The number of pyridine rings is 3. The van der Waals surface area contributed by atoms with E-state index in [1.165, 1.54) is 23.5 Å². The molecule has 0 spiro atoms. The van der Waals surface area contributed by atoms with E-state index in [-0.39, 0.29) is 28.4 Å². The molecule has 0 aliphatic carbocycles. The fourth-order valence-electron chi connectivity index (χ4n) is 4.08. The maximum Gasteiger partial charge on any atom is 0.226 e. The Labute approximate surface area is 214 Å². The number of hydrogen-bond acceptors (Lipinski definition) is 7. The van der Waals surface area contributed by atoms with Crippen molar-refractivity contribution in [3.8, 4) is 33.1 Å². The van der Waals surface area contributed by atoms with Crippen LogP contribution in [0.4, 0.5) is 10.1 Å². The Hall–Kier alpha value is -4.51. The molecular formula is C26H21FN8OS.